The Balaban J connectivity index is 2.56. The number of amides is 3. The largest absolute Gasteiger partial charge is 0.351 e. The summed E-state index contributed by atoms with van der Waals surface area (Å²) in [4.78, 5) is 25.0. The molecule has 0 bridgehead atoms. The lowest BCUT2D eigenvalue weighted by Gasteiger charge is -2.15. The number of rotatable bonds is 6. The molecule has 122 valence electrons. The van der Waals surface area contributed by atoms with Crippen LogP contribution >= 0.6 is 0 Å². The Morgan fingerprint density at radius 1 is 1.27 bits per heavy atom. The van der Waals surface area contributed by atoms with E-state index in [-0.39, 0.29) is 11.9 Å². The number of nitrogens with zero attached hydrogens (tertiary/aromatic N) is 1. The van der Waals surface area contributed by atoms with Gasteiger partial charge in [0.1, 0.15) is 0 Å². The lowest BCUT2D eigenvalue weighted by Crippen LogP contribution is -2.41. The van der Waals surface area contributed by atoms with Gasteiger partial charge in [-0.3, -0.25) is 4.79 Å². The lowest BCUT2D eigenvalue weighted by atomic mass is 10.0. The number of nitrogens with two attached hydrogens (primary N) is 1. The van der Waals surface area contributed by atoms with Crippen LogP contribution in [0.3, 0.4) is 0 Å². The van der Waals surface area contributed by atoms with Crippen molar-refractivity contribution in [1.29, 1.82) is 0 Å². The number of carbonyl (C=O) groups excluding carboxylic acids is 2. The van der Waals surface area contributed by atoms with Gasteiger partial charge in [-0.1, -0.05) is 26.0 Å². The van der Waals surface area contributed by atoms with Crippen molar-refractivity contribution < 1.29 is 9.59 Å². The zero-order chi connectivity index (χ0) is 16.7. The number of nitrogens with one attached hydrogen (secondary N) is 2. The van der Waals surface area contributed by atoms with Gasteiger partial charge in [0, 0.05) is 26.3 Å². The molecule has 22 heavy (non-hydrogen) atoms. The van der Waals surface area contributed by atoms with Crippen molar-refractivity contribution in [2.45, 2.75) is 32.9 Å². The molecule has 0 saturated carbocycles. The van der Waals surface area contributed by atoms with Gasteiger partial charge >= 0.3 is 6.03 Å². The molecule has 0 fully saturated rings. The molecule has 1 aromatic rings. The lowest BCUT2D eigenvalue weighted by molar-refractivity contribution is -0.122. The standard InChI is InChI=1S/C16H26N4O2/c1-11(2)8-14(17)15(21)18-10-12-6-5-7-13(9-12)19-16(22)20(3)4/h5-7,9,11,14H,8,10,17H2,1-4H3,(H,18,21)(H,19,22)/t14-/m0/s1. The van der Waals surface area contributed by atoms with Crippen LogP contribution in [-0.2, 0) is 11.3 Å². The first-order chi connectivity index (χ1) is 10.3. The van der Waals surface area contributed by atoms with Gasteiger partial charge in [0.2, 0.25) is 5.91 Å². The van der Waals surface area contributed by atoms with Crippen LogP contribution in [0.25, 0.3) is 0 Å². The highest BCUT2D eigenvalue weighted by Gasteiger charge is 2.14. The van der Waals surface area contributed by atoms with E-state index in [2.05, 4.69) is 10.6 Å². The summed E-state index contributed by atoms with van der Waals surface area (Å²) in [6, 6.07) is 6.67. The summed E-state index contributed by atoms with van der Waals surface area (Å²) < 4.78 is 0. The molecule has 0 aliphatic heterocycles. The van der Waals surface area contributed by atoms with Crippen molar-refractivity contribution in [3.8, 4) is 0 Å². The Kier molecular flexibility index (Phi) is 6.85. The number of hydrogen-bond acceptors (Lipinski definition) is 3. The Morgan fingerprint density at radius 2 is 1.95 bits per heavy atom. The predicted molar refractivity (Wildman–Crippen MR) is 88.4 cm³/mol. The zero-order valence-electron chi connectivity index (χ0n) is 13.7. The first-order valence-electron chi connectivity index (χ1n) is 7.40. The van der Waals surface area contributed by atoms with Gasteiger partial charge in [0.25, 0.3) is 0 Å². The van der Waals surface area contributed by atoms with E-state index in [0.29, 0.717) is 24.6 Å². The van der Waals surface area contributed by atoms with Gasteiger partial charge in [0.15, 0.2) is 0 Å². The molecule has 0 aliphatic rings. The van der Waals surface area contributed by atoms with E-state index in [1.807, 2.05) is 32.0 Å². The van der Waals surface area contributed by atoms with E-state index in [1.165, 1.54) is 4.90 Å². The average Bonchev–Trinajstić information content (AvgIpc) is 2.44. The molecule has 1 atom stereocenters. The van der Waals surface area contributed by atoms with E-state index in [9.17, 15) is 9.59 Å². The highest BCUT2D eigenvalue weighted by molar-refractivity contribution is 5.89. The zero-order valence-corrected chi connectivity index (χ0v) is 13.7. The summed E-state index contributed by atoms with van der Waals surface area (Å²) >= 11 is 0. The molecule has 3 amide bonds. The maximum Gasteiger partial charge on any atom is 0.321 e. The number of anilines is 1. The Labute approximate surface area is 132 Å². The Bertz CT molecular complexity index is 515. The van der Waals surface area contributed by atoms with Crippen molar-refractivity contribution in [2.24, 2.45) is 11.7 Å². The van der Waals surface area contributed by atoms with E-state index in [0.717, 1.165) is 5.56 Å². The molecule has 0 radical (unpaired) electrons. The molecule has 0 aromatic heterocycles. The third-order valence-corrected chi connectivity index (χ3v) is 3.11. The van der Waals surface area contributed by atoms with Gasteiger partial charge < -0.3 is 21.3 Å². The minimum absolute atomic E-state index is 0.156. The second kappa shape index (κ2) is 8.38. The van der Waals surface area contributed by atoms with Gasteiger partial charge in [-0.25, -0.2) is 4.79 Å². The van der Waals surface area contributed by atoms with E-state index in [4.69, 9.17) is 5.73 Å². The van der Waals surface area contributed by atoms with E-state index < -0.39 is 6.04 Å². The average molecular weight is 306 g/mol. The monoisotopic (exact) mass is 306 g/mol. The van der Waals surface area contributed by atoms with Gasteiger partial charge in [-0.15, -0.1) is 0 Å². The molecule has 6 nitrogen and oxygen atoms in total. The van der Waals surface area contributed by atoms with Crippen LogP contribution in [0, 0.1) is 5.92 Å². The quantitative estimate of drug-likeness (QED) is 0.748. The summed E-state index contributed by atoms with van der Waals surface area (Å²) in [5.41, 5.74) is 7.43. The van der Waals surface area contributed by atoms with Crippen LogP contribution in [-0.4, -0.2) is 37.0 Å². The molecule has 0 aliphatic carbocycles. The molecule has 1 aromatic carbocycles. The second-order valence-electron chi connectivity index (χ2n) is 5.98. The fraction of sp³-hybridized carbons (Fsp3) is 0.500. The number of benzene rings is 1. The molecular weight excluding hydrogens is 280 g/mol. The molecule has 4 N–H and O–H groups in total. The molecule has 0 saturated heterocycles. The molecule has 6 heteroatoms. The number of urea groups is 1. The third-order valence-electron chi connectivity index (χ3n) is 3.11. The first kappa shape index (κ1) is 18.0. The first-order valence-corrected chi connectivity index (χ1v) is 7.40. The van der Waals surface area contributed by atoms with Crippen LogP contribution in [0.15, 0.2) is 24.3 Å². The van der Waals surface area contributed by atoms with Gasteiger partial charge in [-0.2, -0.15) is 0 Å². The maximum atomic E-state index is 11.9. The van der Waals surface area contributed by atoms with Crippen LogP contribution in [0.1, 0.15) is 25.8 Å². The smallest absolute Gasteiger partial charge is 0.321 e. The Morgan fingerprint density at radius 3 is 2.55 bits per heavy atom. The minimum atomic E-state index is -0.489. The Hall–Kier alpha value is -2.08. The molecule has 1 rings (SSSR count). The van der Waals surface area contributed by atoms with Crippen LogP contribution in [0.5, 0.6) is 0 Å². The molecule has 0 spiro atoms. The summed E-state index contributed by atoms with van der Waals surface area (Å²) in [7, 11) is 3.35. The van der Waals surface area contributed by atoms with Crippen molar-refractivity contribution >= 4 is 17.6 Å². The van der Waals surface area contributed by atoms with Crippen LogP contribution in [0.4, 0.5) is 10.5 Å². The predicted octanol–water partition coefficient (Wildman–Crippen LogP) is 1.77. The third kappa shape index (κ3) is 6.13. The number of carbonyl (C=O) groups is 2. The topological polar surface area (TPSA) is 87.5 Å². The highest BCUT2D eigenvalue weighted by Crippen LogP contribution is 2.11. The fourth-order valence-corrected chi connectivity index (χ4v) is 1.93. The van der Waals surface area contributed by atoms with Gasteiger partial charge in [-0.05, 0) is 30.0 Å². The van der Waals surface area contributed by atoms with Gasteiger partial charge in [0.05, 0.1) is 6.04 Å². The fourth-order valence-electron chi connectivity index (χ4n) is 1.93. The van der Waals surface area contributed by atoms with E-state index >= 15 is 0 Å². The van der Waals surface area contributed by atoms with Crippen molar-refractivity contribution in [2.75, 3.05) is 19.4 Å². The van der Waals surface area contributed by atoms with Crippen LogP contribution in [0.2, 0.25) is 0 Å². The van der Waals surface area contributed by atoms with Crippen LogP contribution < -0.4 is 16.4 Å². The van der Waals surface area contributed by atoms with Crippen molar-refractivity contribution in [3.05, 3.63) is 29.8 Å². The SMILES string of the molecule is CC(C)C[C@H](N)C(=O)NCc1cccc(NC(=O)N(C)C)c1. The van der Waals surface area contributed by atoms with Crippen molar-refractivity contribution in [3.63, 3.8) is 0 Å². The highest BCUT2D eigenvalue weighted by atomic mass is 16.2. The molecule has 0 heterocycles. The molecular formula is C16H26N4O2. The van der Waals surface area contributed by atoms with E-state index in [1.54, 1.807) is 20.2 Å². The summed E-state index contributed by atoms with van der Waals surface area (Å²) in [6.45, 7) is 4.45. The normalized spacial score (nSPS) is 11.9. The van der Waals surface area contributed by atoms with Crippen molar-refractivity contribution in [1.82, 2.24) is 10.2 Å². The number of hydrogen-bond donors (Lipinski definition) is 3. The molecule has 0 unspecified atom stereocenters. The summed E-state index contributed by atoms with van der Waals surface area (Å²) in [6.07, 6.45) is 0.658. The maximum absolute atomic E-state index is 11.9. The second-order valence-corrected chi connectivity index (χ2v) is 5.98. The summed E-state index contributed by atoms with van der Waals surface area (Å²) in [5.74, 6) is 0.224. The minimum Gasteiger partial charge on any atom is -0.351 e. The summed E-state index contributed by atoms with van der Waals surface area (Å²) in [5, 5.41) is 5.59.